The predicted molar refractivity (Wildman–Crippen MR) is 80.0 cm³/mol. The summed E-state index contributed by atoms with van der Waals surface area (Å²) in [7, 11) is 0. The SMILES string of the molecule is C=CCSC1=C(C=O)C(=O)CC(c2cccs2)S1. The molecule has 0 fully saturated rings. The fourth-order valence-corrected chi connectivity index (χ4v) is 5.03. The van der Waals surface area contributed by atoms with Crippen molar-refractivity contribution in [3.05, 3.63) is 44.9 Å². The van der Waals surface area contributed by atoms with Crippen LogP contribution in [0.25, 0.3) is 0 Å². The topological polar surface area (TPSA) is 34.1 Å². The minimum Gasteiger partial charge on any atom is -0.298 e. The molecule has 0 spiro atoms. The lowest BCUT2D eigenvalue weighted by atomic mass is 10.1. The van der Waals surface area contributed by atoms with Gasteiger partial charge in [0.05, 0.1) is 15.1 Å². The van der Waals surface area contributed by atoms with Gasteiger partial charge in [0.2, 0.25) is 0 Å². The first-order chi connectivity index (χ1) is 8.76. The summed E-state index contributed by atoms with van der Waals surface area (Å²) in [5, 5.41) is 2.16. The number of aldehydes is 1. The van der Waals surface area contributed by atoms with E-state index in [0.29, 0.717) is 24.0 Å². The van der Waals surface area contributed by atoms with Crippen molar-refractivity contribution in [3.8, 4) is 0 Å². The Labute approximate surface area is 119 Å². The van der Waals surface area contributed by atoms with Crippen LogP contribution in [-0.2, 0) is 9.59 Å². The zero-order valence-corrected chi connectivity index (χ0v) is 12.1. The van der Waals surface area contributed by atoms with Crippen LogP contribution >= 0.6 is 34.9 Å². The Morgan fingerprint density at radius 3 is 3.00 bits per heavy atom. The molecule has 1 aliphatic rings. The van der Waals surface area contributed by atoms with Crippen LogP contribution in [-0.4, -0.2) is 17.8 Å². The van der Waals surface area contributed by atoms with Gasteiger partial charge < -0.3 is 0 Å². The molecule has 0 saturated carbocycles. The molecule has 1 aromatic rings. The van der Waals surface area contributed by atoms with Gasteiger partial charge in [-0.3, -0.25) is 9.59 Å². The van der Waals surface area contributed by atoms with Gasteiger partial charge in [0.25, 0.3) is 0 Å². The minimum absolute atomic E-state index is 0.0475. The summed E-state index contributed by atoms with van der Waals surface area (Å²) in [4.78, 5) is 24.2. The van der Waals surface area contributed by atoms with E-state index in [4.69, 9.17) is 0 Å². The average Bonchev–Trinajstić information content (AvgIpc) is 2.89. The van der Waals surface area contributed by atoms with E-state index in [1.807, 2.05) is 17.5 Å². The maximum absolute atomic E-state index is 12.0. The summed E-state index contributed by atoms with van der Waals surface area (Å²) >= 11 is 4.78. The molecule has 1 atom stereocenters. The third-order valence-corrected chi connectivity index (χ3v) is 6.25. The molecular weight excluding hydrogens is 284 g/mol. The average molecular weight is 296 g/mol. The van der Waals surface area contributed by atoms with Crippen molar-refractivity contribution < 1.29 is 9.59 Å². The van der Waals surface area contributed by atoms with Crippen molar-refractivity contribution in [3.63, 3.8) is 0 Å². The monoisotopic (exact) mass is 296 g/mol. The minimum atomic E-state index is -0.0475. The lowest BCUT2D eigenvalue weighted by molar-refractivity contribution is -0.117. The standard InChI is InChI=1S/C13H12O2S3/c1-2-5-17-13-9(8-14)10(15)7-12(18-13)11-4-3-6-16-11/h2-4,6,8,12H,1,5,7H2. The van der Waals surface area contributed by atoms with Crippen LogP contribution in [0, 0.1) is 0 Å². The normalized spacial score (nSPS) is 20.0. The molecule has 1 unspecified atom stereocenters. The Balaban J connectivity index is 2.24. The molecule has 1 aromatic heterocycles. The summed E-state index contributed by atoms with van der Waals surface area (Å²) < 4.78 is 0.833. The van der Waals surface area contributed by atoms with E-state index in [-0.39, 0.29) is 11.0 Å². The molecular formula is C13H12O2S3. The van der Waals surface area contributed by atoms with Gasteiger partial charge in [-0.15, -0.1) is 41.4 Å². The quantitative estimate of drug-likeness (QED) is 0.470. The number of thioether (sulfide) groups is 2. The van der Waals surface area contributed by atoms with Crippen molar-refractivity contribution >= 4 is 46.9 Å². The number of hydrogen-bond acceptors (Lipinski definition) is 5. The van der Waals surface area contributed by atoms with Crippen LogP contribution in [0.15, 0.2) is 40.0 Å². The number of allylic oxidation sites excluding steroid dienone is 1. The van der Waals surface area contributed by atoms with Gasteiger partial charge in [-0.25, -0.2) is 0 Å². The number of thiophene rings is 1. The molecule has 1 aliphatic heterocycles. The van der Waals surface area contributed by atoms with E-state index >= 15 is 0 Å². The molecule has 0 aromatic carbocycles. The summed E-state index contributed by atoms with van der Waals surface area (Å²) in [5.74, 6) is 0.665. The Bertz CT molecular complexity index is 488. The summed E-state index contributed by atoms with van der Waals surface area (Å²) in [6.45, 7) is 3.66. The molecule has 0 N–H and O–H groups in total. The van der Waals surface area contributed by atoms with E-state index in [0.717, 1.165) is 4.24 Å². The Hall–Kier alpha value is -0.780. The smallest absolute Gasteiger partial charge is 0.169 e. The molecule has 0 saturated heterocycles. The molecule has 0 aliphatic carbocycles. The van der Waals surface area contributed by atoms with E-state index in [9.17, 15) is 9.59 Å². The first-order valence-corrected chi connectivity index (χ1v) is 8.17. The first kappa shape index (κ1) is 13.6. The molecule has 0 radical (unpaired) electrons. The largest absolute Gasteiger partial charge is 0.298 e. The molecule has 0 bridgehead atoms. The van der Waals surface area contributed by atoms with Crippen LogP contribution in [0.5, 0.6) is 0 Å². The van der Waals surface area contributed by atoms with Crippen LogP contribution in [0.4, 0.5) is 0 Å². The summed E-state index contributed by atoms with van der Waals surface area (Å²) in [6, 6.07) is 4.03. The maximum atomic E-state index is 12.0. The molecule has 2 heterocycles. The van der Waals surface area contributed by atoms with E-state index in [1.165, 1.54) is 16.6 Å². The lowest BCUT2D eigenvalue weighted by Crippen LogP contribution is -2.14. The second kappa shape index (κ2) is 6.41. The molecule has 0 amide bonds. The van der Waals surface area contributed by atoms with Crippen LogP contribution in [0.2, 0.25) is 0 Å². The summed E-state index contributed by atoms with van der Waals surface area (Å²) in [5.41, 5.74) is 0.333. The van der Waals surface area contributed by atoms with Crippen molar-refractivity contribution in [1.82, 2.24) is 0 Å². The number of rotatable bonds is 5. The Kier molecular flexibility index (Phi) is 4.86. The van der Waals surface area contributed by atoms with Gasteiger partial charge in [-0.2, -0.15) is 0 Å². The van der Waals surface area contributed by atoms with Crippen molar-refractivity contribution in [2.24, 2.45) is 0 Å². The highest BCUT2D eigenvalue weighted by Crippen LogP contribution is 2.48. The highest BCUT2D eigenvalue weighted by molar-refractivity contribution is 8.22. The second-order valence-corrected chi connectivity index (χ2v) is 7.15. The van der Waals surface area contributed by atoms with Crippen LogP contribution in [0.1, 0.15) is 16.5 Å². The van der Waals surface area contributed by atoms with Gasteiger partial charge in [0.15, 0.2) is 12.1 Å². The molecule has 94 valence electrons. The van der Waals surface area contributed by atoms with Crippen LogP contribution < -0.4 is 0 Å². The van der Waals surface area contributed by atoms with Crippen LogP contribution in [0.3, 0.4) is 0 Å². The first-order valence-electron chi connectivity index (χ1n) is 5.42. The fourth-order valence-electron chi connectivity index (χ4n) is 1.62. The number of Topliss-reactive ketones (excluding diaryl/α,β-unsaturated/α-hetero) is 1. The van der Waals surface area contributed by atoms with Gasteiger partial charge in [-0.05, 0) is 11.4 Å². The van der Waals surface area contributed by atoms with Gasteiger partial charge in [0.1, 0.15) is 0 Å². The van der Waals surface area contributed by atoms with E-state index < -0.39 is 0 Å². The number of ketones is 1. The third kappa shape index (κ3) is 2.96. The second-order valence-electron chi connectivity index (χ2n) is 3.67. The lowest BCUT2D eigenvalue weighted by Gasteiger charge is -2.22. The van der Waals surface area contributed by atoms with E-state index in [1.54, 1.807) is 29.2 Å². The fraction of sp³-hybridized carbons (Fsp3) is 0.231. The number of carbonyl (C=O) groups excluding carboxylic acids is 2. The Morgan fingerprint density at radius 2 is 2.39 bits per heavy atom. The number of carbonyl (C=O) groups is 2. The summed E-state index contributed by atoms with van der Waals surface area (Å²) in [6.07, 6.45) is 2.88. The molecule has 2 rings (SSSR count). The zero-order chi connectivity index (χ0) is 13.0. The third-order valence-electron chi connectivity index (χ3n) is 2.45. The van der Waals surface area contributed by atoms with E-state index in [2.05, 4.69) is 6.58 Å². The highest BCUT2D eigenvalue weighted by atomic mass is 32.2. The molecule has 18 heavy (non-hydrogen) atoms. The van der Waals surface area contributed by atoms with Gasteiger partial charge in [0, 0.05) is 17.1 Å². The van der Waals surface area contributed by atoms with Gasteiger partial charge in [-0.1, -0.05) is 12.1 Å². The maximum Gasteiger partial charge on any atom is 0.169 e. The highest BCUT2D eigenvalue weighted by Gasteiger charge is 2.29. The van der Waals surface area contributed by atoms with Crippen molar-refractivity contribution in [2.45, 2.75) is 11.7 Å². The number of hydrogen-bond donors (Lipinski definition) is 0. The zero-order valence-electron chi connectivity index (χ0n) is 9.63. The van der Waals surface area contributed by atoms with Gasteiger partial charge >= 0.3 is 0 Å². The van der Waals surface area contributed by atoms with Crippen molar-refractivity contribution in [1.29, 1.82) is 0 Å². The predicted octanol–water partition coefficient (Wildman–Crippen LogP) is 3.82. The Morgan fingerprint density at radius 1 is 1.56 bits per heavy atom. The molecule has 5 heteroatoms. The van der Waals surface area contributed by atoms with Crippen molar-refractivity contribution in [2.75, 3.05) is 5.75 Å². The molecule has 2 nitrogen and oxygen atoms in total.